The van der Waals surface area contributed by atoms with E-state index in [0.29, 0.717) is 16.7 Å². The van der Waals surface area contributed by atoms with Crippen molar-refractivity contribution in [2.45, 2.75) is 13.0 Å². The minimum Gasteiger partial charge on any atom is -0.493 e. The lowest BCUT2D eigenvalue weighted by Crippen LogP contribution is -2.33. The van der Waals surface area contributed by atoms with Gasteiger partial charge in [0.15, 0.2) is 16.7 Å². The summed E-state index contributed by atoms with van der Waals surface area (Å²) in [5.74, 6) is 1.23. The smallest absolute Gasteiger partial charge is 0.174 e. The minimum atomic E-state index is -0.0629. The molecule has 3 aromatic rings. The summed E-state index contributed by atoms with van der Waals surface area (Å²) in [5, 5.41) is 7.04. The monoisotopic (exact) mass is 363 g/mol. The summed E-state index contributed by atoms with van der Waals surface area (Å²) in [5.41, 5.74) is 3.52. The number of methoxy groups -OCH3 is 1. The van der Waals surface area contributed by atoms with Crippen molar-refractivity contribution in [2.24, 2.45) is 0 Å². The molecule has 0 fully saturated rings. The maximum Gasteiger partial charge on any atom is 0.174 e. The van der Waals surface area contributed by atoms with Gasteiger partial charge in [-0.1, -0.05) is 54.6 Å². The summed E-state index contributed by atoms with van der Waals surface area (Å²) in [7, 11) is 1.61. The van der Waals surface area contributed by atoms with Crippen molar-refractivity contribution in [3.8, 4) is 5.75 Å². The van der Waals surface area contributed by atoms with Gasteiger partial charge in [0, 0.05) is 6.20 Å². The van der Waals surface area contributed by atoms with Gasteiger partial charge in [-0.15, -0.1) is 0 Å². The average molecular weight is 363 g/mol. The highest BCUT2D eigenvalue weighted by molar-refractivity contribution is 7.80. The van der Waals surface area contributed by atoms with Crippen molar-refractivity contribution < 1.29 is 4.74 Å². The van der Waals surface area contributed by atoms with E-state index in [9.17, 15) is 0 Å². The number of pyridine rings is 1. The van der Waals surface area contributed by atoms with E-state index >= 15 is 0 Å². The molecule has 26 heavy (non-hydrogen) atoms. The van der Waals surface area contributed by atoms with Crippen LogP contribution >= 0.6 is 12.2 Å². The first-order valence-corrected chi connectivity index (χ1v) is 8.77. The van der Waals surface area contributed by atoms with Crippen LogP contribution < -0.4 is 15.4 Å². The summed E-state index contributed by atoms with van der Waals surface area (Å²) in [6.45, 7) is 2.10. The normalized spacial score (nSPS) is 11.5. The molecule has 2 aromatic carbocycles. The lowest BCUT2D eigenvalue weighted by molar-refractivity contribution is 0.415. The molecule has 0 radical (unpaired) electrons. The van der Waals surface area contributed by atoms with Gasteiger partial charge in [-0.05, 0) is 48.0 Å². The van der Waals surface area contributed by atoms with Gasteiger partial charge in [0.25, 0.3) is 0 Å². The summed E-state index contributed by atoms with van der Waals surface area (Å²) in [6, 6.07) is 22.1. The van der Waals surface area contributed by atoms with Gasteiger partial charge in [0.2, 0.25) is 0 Å². The van der Waals surface area contributed by atoms with Crippen LogP contribution in [0.4, 0.5) is 5.82 Å². The molecule has 4 nitrogen and oxygen atoms in total. The number of nitrogens with one attached hydrogen (secondary N) is 2. The third kappa shape index (κ3) is 4.18. The standard InChI is InChI=1S/C21H21N3OS/c1-15-9-6-7-12-17(15)19(16-10-4-3-5-11-16)23-21(26)24-20-18(25-2)13-8-14-22-20/h3-14,19H,1-2H3,(H2,22,23,24,26)/t19-/m1/s1. The molecule has 0 saturated heterocycles. The Bertz CT molecular complexity index is 883. The number of rotatable bonds is 5. The Balaban J connectivity index is 1.86. The number of nitrogens with zero attached hydrogens (tertiary/aromatic N) is 1. The van der Waals surface area contributed by atoms with E-state index in [1.54, 1.807) is 13.3 Å². The minimum absolute atomic E-state index is 0.0629. The number of thiocarbonyl (C=S) groups is 1. The van der Waals surface area contributed by atoms with E-state index < -0.39 is 0 Å². The third-order valence-electron chi connectivity index (χ3n) is 4.13. The predicted octanol–water partition coefficient (Wildman–Crippen LogP) is 4.47. The Morgan fingerprint density at radius 2 is 1.73 bits per heavy atom. The van der Waals surface area contributed by atoms with Gasteiger partial charge in [-0.3, -0.25) is 0 Å². The van der Waals surface area contributed by atoms with Crippen molar-refractivity contribution in [1.82, 2.24) is 10.3 Å². The van der Waals surface area contributed by atoms with Crippen LogP contribution in [0.15, 0.2) is 72.9 Å². The Morgan fingerprint density at radius 1 is 1.00 bits per heavy atom. The predicted molar refractivity (Wildman–Crippen MR) is 110 cm³/mol. The molecule has 0 saturated carbocycles. The topological polar surface area (TPSA) is 46.2 Å². The number of ether oxygens (including phenoxy) is 1. The summed E-state index contributed by atoms with van der Waals surface area (Å²) in [4.78, 5) is 4.30. The Hall–Kier alpha value is -2.92. The number of hydrogen-bond acceptors (Lipinski definition) is 3. The number of aromatic nitrogens is 1. The van der Waals surface area contributed by atoms with E-state index in [4.69, 9.17) is 17.0 Å². The fourth-order valence-electron chi connectivity index (χ4n) is 2.82. The number of benzene rings is 2. The van der Waals surface area contributed by atoms with Gasteiger partial charge in [0.05, 0.1) is 13.2 Å². The van der Waals surface area contributed by atoms with Gasteiger partial charge in [-0.25, -0.2) is 4.98 Å². The van der Waals surface area contributed by atoms with E-state index in [-0.39, 0.29) is 6.04 Å². The first-order valence-electron chi connectivity index (χ1n) is 8.36. The van der Waals surface area contributed by atoms with Crippen molar-refractivity contribution in [1.29, 1.82) is 0 Å². The zero-order valence-corrected chi connectivity index (χ0v) is 15.6. The van der Waals surface area contributed by atoms with Crippen LogP contribution in [0.25, 0.3) is 0 Å². The SMILES string of the molecule is COc1cccnc1NC(=S)N[C@H](c1ccccc1)c1ccccc1C. The molecule has 1 heterocycles. The molecule has 0 amide bonds. The maximum absolute atomic E-state index is 5.55. The zero-order chi connectivity index (χ0) is 18.4. The molecule has 1 atom stereocenters. The van der Waals surface area contributed by atoms with Crippen LogP contribution in [-0.2, 0) is 0 Å². The number of anilines is 1. The second kappa shape index (κ2) is 8.45. The molecule has 0 aliphatic rings. The molecule has 0 unspecified atom stereocenters. The van der Waals surface area contributed by atoms with Crippen LogP contribution in [0.5, 0.6) is 5.75 Å². The highest BCUT2D eigenvalue weighted by Crippen LogP contribution is 2.25. The molecule has 5 heteroatoms. The second-order valence-corrected chi connectivity index (χ2v) is 6.26. The Kier molecular flexibility index (Phi) is 5.81. The third-order valence-corrected chi connectivity index (χ3v) is 4.35. The Labute approximate surface area is 159 Å². The summed E-state index contributed by atoms with van der Waals surface area (Å²) >= 11 is 5.55. The maximum atomic E-state index is 5.55. The van der Waals surface area contributed by atoms with Gasteiger partial charge in [0.1, 0.15) is 0 Å². The van der Waals surface area contributed by atoms with Crippen molar-refractivity contribution in [2.75, 3.05) is 12.4 Å². The molecule has 0 aliphatic heterocycles. The van der Waals surface area contributed by atoms with Gasteiger partial charge >= 0.3 is 0 Å². The summed E-state index contributed by atoms with van der Waals surface area (Å²) in [6.07, 6.45) is 1.70. The van der Waals surface area contributed by atoms with E-state index in [2.05, 4.69) is 46.8 Å². The van der Waals surface area contributed by atoms with Crippen LogP contribution in [-0.4, -0.2) is 17.2 Å². The lowest BCUT2D eigenvalue weighted by Gasteiger charge is -2.23. The Morgan fingerprint density at radius 3 is 2.46 bits per heavy atom. The highest BCUT2D eigenvalue weighted by Gasteiger charge is 2.17. The van der Waals surface area contributed by atoms with Crippen LogP contribution in [0.3, 0.4) is 0 Å². The average Bonchev–Trinajstić information content (AvgIpc) is 2.68. The zero-order valence-electron chi connectivity index (χ0n) is 14.8. The van der Waals surface area contributed by atoms with Gasteiger partial charge in [-0.2, -0.15) is 0 Å². The molecule has 132 valence electrons. The summed E-state index contributed by atoms with van der Waals surface area (Å²) < 4.78 is 5.33. The molecular formula is C21H21N3OS. The largest absolute Gasteiger partial charge is 0.493 e. The first kappa shape index (κ1) is 17.9. The fourth-order valence-corrected chi connectivity index (χ4v) is 3.04. The van der Waals surface area contributed by atoms with Crippen molar-refractivity contribution in [3.05, 3.63) is 89.6 Å². The van der Waals surface area contributed by atoms with E-state index in [1.807, 2.05) is 42.5 Å². The number of hydrogen-bond donors (Lipinski definition) is 2. The van der Waals surface area contributed by atoms with Crippen molar-refractivity contribution in [3.63, 3.8) is 0 Å². The molecule has 2 N–H and O–H groups in total. The van der Waals surface area contributed by atoms with Crippen molar-refractivity contribution >= 4 is 23.1 Å². The molecule has 0 bridgehead atoms. The first-order chi connectivity index (χ1) is 12.7. The molecule has 0 aliphatic carbocycles. The molecule has 1 aromatic heterocycles. The molecular weight excluding hydrogens is 342 g/mol. The van der Waals surface area contributed by atoms with E-state index in [0.717, 1.165) is 5.56 Å². The van der Waals surface area contributed by atoms with Crippen LogP contribution in [0.1, 0.15) is 22.7 Å². The van der Waals surface area contributed by atoms with Crippen LogP contribution in [0, 0.1) is 6.92 Å². The molecule has 0 spiro atoms. The van der Waals surface area contributed by atoms with Gasteiger partial charge < -0.3 is 15.4 Å². The second-order valence-electron chi connectivity index (χ2n) is 5.85. The highest BCUT2D eigenvalue weighted by atomic mass is 32.1. The fraction of sp³-hybridized carbons (Fsp3) is 0.143. The quantitative estimate of drug-likeness (QED) is 0.655. The number of aryl methyl sites for hydroxylation is 1. The molecule has 3 rings (SSSR count). The van der Waals surface area contributed by atoms with E-state index in [1.165, 1.54) is 11.1 Å². The van der Waals surface area contributed by atoms with Crippen LogP contribution in [0.2, 0.25) is 0 Å². The lowest BCUT2D eigenvalue weighted by atomic mass is 9.95.